The van der Waals surface area contributed by atoms with Crippen LogP contribution in [0.1, 0.15) is 0 Å². The van der Waals surface area contributed by atoms with Crippen molar-refractivity contribution < 1.29 is 32.9 Å². The fraction of sp³-hybridized carbons (Fsp3) is 0.952. The van der Waals surface area contributed by atoms with E-state index in [4.69, 9.17) is 23.7 Å². The first-order valence-corrected chi connectivity index (χ1v) is 11.6. The normalized spacial score (nSPS) is 16.3. The summed E-state index contributed by atoms with van der Waals surface area (Å²) in [6.45, 7) is 11.9. The fourth-order valence-corrected chi connectivity index (χ4v) is 3.01. The third kappa shape index (κ3) is 17.6. The summed E-state index contributed by atoms with van der Waals surface area (Å²) in [5.74, 6) is 0. The van der Waals surface area contributed by atoms with E-state index in [9.17, 15) is 9.18 Å². The molecule has 1 aliphatic rings. The molecule has 0 saturated carbocycles. The van der Waals surface area contributed by atoms with E-state index in [0.717, 1.165) is 45.8 Å². The molecule has 1 amide bonds. The van der Waals surface area contributed by atoms with Crippen molar-refractivity contribution in [2.75, 3.05) is 125 Å². The van der Waals surface area contributed by atoms with E-state index in [2.05, 4.69) is 20.4 Å². The molecular formula is C21H43FN4O6. The molecule has 1 rings (SSSR count). The molecule has 2 N–H and O–H groups in total. The maximum absolute atomic E-state index is 13.3. The van der Waals surface area contributed by atoms with Gasteiger partial charge in [-0.25, -0.2) is 4.39 Å². The number of carbonyl (C=O) groups is 1. The summed E-state index contributed by atoms with van der Waals surface area (Å²) in [7, 11) is 1.90. The van der Waals surface area contributed by atoms with Crippen molar-refractivity contribution in [3.05, 3.63) is 0 Å². The third-order valence-corrected chi connectivity index (χ3v) is 4.90. The van der Waals surface area contributed by atoms with Gasteiger partial charge in [-0.05, 0) is 7.05 Å². The average Bonchev–Trinajstić information content (AvgIpc) is 2.81. The van der Waals surface area contributed by atoms with E-state index in [0.29, 0.717) is 65.9 Å². The van der Waals surface area contributed by atoms with Gasteiger partial charge in [-0.15, -0.1) is 0 Å². The highest BCUT2D eigenvalue weighted by molar-refractivity contribution is 5.45. The summed E-state index contributed by atoms with van der Waals surface area (Å²) in [6.07, 6.45) is -0.664. The number of likely N-dealkylation sites (N-methyl/N-ethyl adjacent to an activating group) is 1. The van der Waals surface area contributed by atoms with E-state index in [1.54, 1.807) is 0 Å². The lowest BCUT2D eigenvalue weighted by molar-refractivity contribution is -0.109. The number of nitrogens with one attached hydrogen (secondary N) is 2. The second-order valence-electron chi connectivity index (χ2n) is 7.43. The number of piperazine rings is 1. The second-order valence-corrected chi connectivity index (χ2v) is 7.43. The molecule has 1 heterocycles. The molecule has 0 radical (unpaired) electrons. The molecule has 0 aliphatic carbocycles. The molecule has 1 unspecified atom stereocenters. The Kier molecular flexibility index (Phi) is 19.9. The molecule has 0 spiro atoms. The van der Waals surface area contributed by atoms with Crippen LogP contribution in [0.4, 0.5) is 4.39 Å². The minimum Gasteiger partial charge on any atom is -0.378 e. The van der Waals surface area contributed by atoms with Crippen LogP contribution in [0.2, 0.25) is 0 Å². The molecule has 0 bridgehead atoms. The van der Waals surface area contributed by atoms with Crippen LogP contribution in [0.15, 0.2) is 0 Å². The van der Waals surface area contributed by atoms with Crippen LogP contribution >= 0.6 is 0 Å². The number of carbonyl (C=O) groups excluding carboxylic acids is 1. The SMILES string of the molecule is CNCCOCCOCCOCCOCCN1CCN(CCOCC(F)CNC=O)CC1. The van der Waals surface area contributed by atoms with Crippen molar-refractivity contribution in [1.82, 2.24) is 20.4 Å². The molecule has 1 atom stereocenters. The van der Waals surface area contributed by atoms with Crippen LogP contribution < -0.4 is 10.6 Å². The van der Waals surface area contributed by atoms with Gasteiger partial charge in [0.1, 0.15) is 6.17 Å². The quantitative estimate of drug-likeness (QED) is 0.145. The van der Waals surface area contributed by atoms with Gasteiger partial charge in [0, 0.05) is 45.8 Å². The summed E-state index contributed by atoms with van der Waals surface area (Å²) in [5, 5.41) is 5.33. The molecule has 1 saturated heterocycles. The third-order valence-electron chi connectivity index (χ3n) is 4.90. The molecule has 10 nitrogen and oxygen atoms in total. The molecule has 0 aromatic heterocycles. The van der Waals surface area contributed by atoms with Crippen molar-refractivity contribution in [3.63, 3.8) is 0 Å². The lowest BCUT2D eigenvalue weighted by Gasteiger charge is -2.34. The van der Waals surface area contributed by atoms with Crippen molar-refractivity contribution in [2.24, 2.45) is 0 Å². The maximum atomic E-state index is 13.3. The molecule has 0 aromatic carbocycles. The Morgan fingerprint density at radius 3 is 1.75 bits per heavy atom. The predicted octanol–water partition coefficient (Wildman–Crippen LogP) is -1.01. The first-order chi connectivity index (χ1) is 15.8. The van der Waals surface area contributed by atoms with Crippen molar-refractivity contribution >= 4 is 6.41 Å². The lowest BCUT2D eigenvalue weighted by Crippen LogP contribution is -2.48. The largest absolute Gasteiger partial charge is 0.378 e. The highest BCUT2D eigenvalue weighted by atomic mass is 19.1. The van der Waals surface area contributed by atoms with Crippen LogP contribution in [0.5, 0.6) is 0 Å². The second kappa shape index (κ2) is 21.9. The number of alkyl halides is 1. The summed E-state index contributed by atoms with van der Waals surface area (Å²) >= 11 is 0. The standard InChI is InChI=1S/C21H43FN4O6/c1-23-2-9-28-12-14-30-16-17-31-15-13-29-10-7-25-3-5-26(6-4-25)8-11-32-19-21(22)18-24-20-27/h20-21,23H,2-19H2,1H3,(H,24,27). The number of hydrogen-bond donors (Lipinski definition) is 2. The zero-order valence-corrected chi connectivity index (χ0v) is 19.6. The smallest absolute Gasteiger partial charge is 0.207 e. The molecule has 32 heavy (non-hydrogen) atoms. The van der Waals surface area contributed by atoms with Gasteiger partial charge in [0.05, 0.1) is 72.6 Å². The lowest BCUT2D eigenvalue weighted by atomic mass is 10.3. The Morgan fingerprint density at radius 2 is 1.25 bits per heavy atom. The number of ether oxygens (including phenoxy) is 5. The van der Waals surface area contributed by atoms with E-state index in [-0.39, 0.29) is 13.2 Å². The van der Waals surface area contributed by atoms with Crippen LogP contribution in [-0.2, 0) is 28.5 Å². The van der Waals surface area contributed by atoms with Gasteiger partial charge in [0.2, 0.25) is 6.41 Å². The molecular weight excluding hydrogens is 423 g/mol. The van der Waals surface area contributed by atoms with E-state index in [1.807, 2.05) is 7.05 Å². The van der Waals surface area contributed by atoms with E-state index < -0.39 is 6.17 Å². The number of rotatable bonds is 23. The summed E-state index contributed by atoms with van der Waals surface area (Å²) in [5.41, 5.74) is 0. The number of halogens is 1. The average molecular weight is 467 g/mol. The Hall–Kier alpha value is -0.920. The molecule has 0 aromatic rings. The molecule has 1 fully saturated rings. The van der Waals surface area contributed by atoms with Gasteiger partial charge in [-0.1, -0.05) is 0 Å². The van der Waals surface area contributed by atoms with Crippen molar-refractivity contribution in [1.29, 1.82) is 0 Å². The van der Waals surface area contributed by atoms with Gasteiger partial charge in [-0.2, -0.15) is 0 Å². The van der Waals surface area contributed by atoms with Crippen molar-refractivity contribution in [3.8, 4) is 0 Å². The zero-order valence-electron chi connectivity index (χ0n) is 19.6. The van der Waals surface area contributed by atoms with Gasteiger partial charge in [0.15, 0.2) is 0 Å². The molecule has 11 heteroatoms. The number of amides is 1. The van der Waals surface area contributed by atoms with Crippen molar-refractivity contribution in [2.45, 2.75) is 6.17 Å². The first kappa shape index (κ1) is 29.1. The Labute approximate surface area is 192 Å². The highest BCUT2D eigenvalue weighted by Crippen LogP contribution is 2.01. The van der Waals surface area contributed by atoms with Crippen LogP contribution in [0.3, 0.4) is 0 Å². The van der Waals surface area contributed by atoms with Crippen LogP contribution in [0, 0.1) is 0 Å². The van der Waals surface area contributed by atoms with Crippen LogP contribution in [0.25, 0.3) is 0 Å². The zero-order chi connectivity index (χ0) is 23.1. The van der Waals surface area contributed by atoms with Gasteiger partial charge < -0.3 is 34.3 Å². The topological polar surface area (TPSA) is 93.8 Å². The Morgan fingerprint density at radius 1 is 0.781 bits per heavy atom. The van der Waals surface area contributed by atoms with Gasteiger partial charge >= 0.3 is 0 Å². The van der Waals surface area contributed by atoms with Gasteiger partial charge in [0.25, 0.3) is 0 Å². The monoisotopic (exact) mass is 466 g/mol. The maximum Gasteiger partial charge on any atom is 0.207 e. The summed E-state index contributed by atoms with van der Waals surface area (Å²) in [4.78, 5) is 14.8. The highest BCUT2D eigenvalue weighted by Gasteiger charge is 2.16. The van der Waals surface area contributed by atoms with Gasteiger partial charge in [-0.3, -0.25) is 14.6 Å². The minimum atomic E-state index is -1.16. The first-order valence-electron chi connectivity index (χ1n) is 11.6. The number of hydrogen-bond acceptors (Lipinski definition) is 9. The summed E-state index contributed by atoms with van der Waals surface area (Å²) < 4.78 is 40.6. The van der Waals surface area contributed by atoms with E-state index >= 15 is 0 Å². The summed E-state index contributed by atoms with van der Waals surface area (Å²) in [6, 6.07) is 0. The predicted molar refractivity (Wildman–Crippen MR) is 120 cm³/mol. The Bertz CT molecular complexity index is 420. The molecule has 1 aliphatic heterocycles. The van der Waals surface area contributed by atoms with Crippen LogP contribution in [-0.4, -0.2) is 148 Å². The number of nitrogens with zero attached hydrogens (tertiary/aromatic N) is 2. The van der Waals surface area contributed by atoms with E-state index in [1.165, 1.54) is 0 Å². The minimum absolute atomic E-state index is 0.00172. The molecule has 190 valence electrons. The fourth-order valence-electron chi connectivity index (χ4n) is 3.01. The Balaban J connectivity index is 1.81.